The molecule has 0 amide bonds. The molecular weight excluding hydrogens is 346 g/mol. The third-order valence-electron chi connectivity index (χ3n) is 3.83. The molecule has 0 unspecified atom stereocenters. The Morgan fingerprint density at radius 1 is 0.815 bits per heavy atom. The molecule has 0 radical (unpaired) electrons. The number of benzene rings is 2. The highest BCUT2D eigenvalue weighted by Gasteiger charge is 2.12. The fourth-order valence-corrected chi connectivity index (χ4v) is 2.52. The lowest BCUT2D eigenvalue weighted by Crippen LogP contribution is -2.09. The predicted molar refractivity (Wildman–Crippen MR) is 104 cm³/mol. The topological polar surface area (TPSA) is 74.7 Å². The van der Waals surface area contributed by atoms with E-state index in [0.717, 1.165) is 16.6 Å². The first-order valence-electron chi connectivity index (χ1n) is 8.66. The monoisotopic (exact) mass is 369 g/mol. The average molecular weight is 369 g/mol. The molecule has 0 aliphatic carbocycles. The van der Waals surface area contributed by atoms with E-state index in [1.54, 1.807) is 14.2 Å². The van der Waals surface area contributed by atoms with Gasteiger partial charge in [0, 0.05) is 31.4 Å². The number of methoxy groups -OCH3 is 2. The smallest absolute Gasteiger partial charge is 0.163 e. The van der Waals surface area contributed by atoms with Gasteiger partial charge < -0.3 is 24.3 Å². The van der Waals surface area contributed by atoms with Crippen LogP contribution in [0.5, 0.6) is 11.5 Å². The lowest BCUT2D eigenvalue weighted by molar-refractivity contribution is 0.132. The summed E-state index contributed by atoms with van der Waals surface area (Å²) in [5.41, 5.74) is 1.70. The van der Waals surface area contributed by atoms with Gasteiger partial charge in [0.15, 0.2) is 11.5 Å². The maximum absolute atomic E-state index is 5.85. The fraction of sp³-hybridized carbons (Fsp3) is 0.300. The van der Waals surface area contributed by atoms with Crippen molar-refractivity contribution in [1.82, 2.24) is 9.97 Å². The van der Waals surface area contributed by atoms with E-state index in [-0.39, 0.29) is 0 Å². The van der Waals surface area contributed by atoms with Gasteiger partial charge in [-0.3, -0.25) is 0 Å². The maximum atomic E-state index is 5.85. The highest BCUT2D eigenvalue weighted by Crippen LogP contribution is 2.35. The largest absolute Gasteiger partial charge is 0.487 e. The zero-order valence-electron chi connectivity index (χ0n) is 15.5. The van der Waals surface area contributed by atoms with E-state index in [1.165, 1.54) is 6.33 Å². The number of ether oxygens (including phenoxy) is 4. The van der Waals surface area contributed by atoms with E-state index in [9.17, 15) is 0 Å². The van der Waals surface area contributed by atoms with Crippen LogP contribution in [0.25, 0.3) is 10.9 Å². The molecule has 7 nitrogen and oxygen atoms in total. The molecule has 0 spiro atoms. The van der Waals surface area contributed by atoms with Crippen LogP contribution in [0, 0.1) is 0 Å². The van der Waals surface area contributed by atoms with Gasteiger partial charge in [-0.05, 0) is 18.2 Å². The van der Waals surface area contributed by atoms with Crippen molar-refractivity contribution < 1.29 is 18.9 Å². The van der Waals surface area contributed by atoms with Crippen LogP contribution < -0.4 is 14.8 Å². The molecule has 3 aromatic rings. The molecule has 2 aromatic carbocycles. The minimum atomic E-state index is 0.414. The van der Waals surface area contributed by atoms with Crippen molar-refractivity contribution in [2.24, 2.45) is 0 Å². The van der Waals surface area contributed by atoms with Gasteiger partial charge in [-0.1, -0.05) is 18.2 Å². The maximum Gasteiger partial charge on any atom is 0.163 e. The van der Waals surface area contributed by atoms with Gasteiger partial charge in [0.25, 0.3) is 0 Å². The molecule has 0 saturated carbocycles. The molecule has 0 aliphatic heterocycles. The van der Waals surface area contributed by atoms with E-state index in [0.29, 0.717) is 43.7 Å². The predicted octanol–water partition coefficient (Wildman–Crippen LogP) is 3.42. The van der Waals surface area contributed by atoms with E-state index >= 15 is 0 Å². The molecule has 1 N–H and O–H groups in total. The molecule has 142 valence electrons. The molecule has 1 aromatic heterocycles. The highest BCUT2D eigenvalue weighted by atomic mass is 16.5. The molecule has 0 bridgehead atoms. The lowest BCUT2D eigenvalue weighted by Gasteiger charge is -2.15. The van der Waals surface area contributed by atoms with Crippen LogP contribution in [0.2, 0.25) is 0 Å². The summed E-state index contributed by atoms with van der Waals surface area (Å²) in [4.78, 5) is 8.75. The molecule has 27 heavy (non-hydrogen) atoms. The third-order valence-corrected chi connectivity index (χ3v) is 3.83. The van der Waals surface area contributed by atoms with Crippen LogP contribution in [-0.4, -0.2) is 50.6 Å². The van der Waals surface area contributed by atoms with Crippen molar-refractivity contribution in [3.63, 3.8) is 0 Å². The first-order chi connectivity index (χ1) is 13.3. The second kappa shape index (κ2) is 9.70. The summed E-state index contributed by atoms with van der Waals surface area (Å²) in [5, 5.41) is 4.16. The van der Waals surface area contributed by atoms with Gasteiger partial charge in [0.05, 0.1) is 18.7 Å². The van der Waals surface area contributed by atoms with E-state index in [2.05, 4.69) is 15.3 Å². The van der Waals surface area contributed by atoms with Crippen molar-refractivity contribution in [2.45, 2.75) is 0 Å². The summed E-state index contributed by atoms with van der Waals surface area (Å²) in [6, 6.07) is 13.6. The Hall–Kier alpha value is -2.90. The number of aromatic nitrogens is 2. The Kier molecular flexibility index (Phi) is 6.78. The number of fused-ring (bicyclic) bond motifs is 1. The second-order valence-electron chi connectivity index (χ2n) is 5.71. The lowest BCUT2D eigenvalue weighted by atomic mass is 10.2. The van der Waals surface area contributed by atoms with Gasteiger partial charge in [-0.25, -0.2) is 9.97 Å². The van der Waals surface area contributed by atoms with Crippen molar-refractivity contribution in [3.05, 3.63) is 48.8 Å². The number of nitrogens with zero attached hydrogens (tertiary/aromatic N) is 2. The first kappa shape index (κ1) is 18.9. The Morgan fingerprint density at radius 2 is 1.48 bits per heavy atom. The molecule has 0 saturated heterocycles. The quantitative estimate of drug-likeness (QED) is 0.549. The van der Waals surface area contributed by atoms with Crippen LogP contribution in [0.1, 0.15) is 0 Å². The van der Waals surface area contributed by atoms with Crippen LogP contribution in [0.3, 0.4) is 0 Å². The average Bonchev–Trinajstić information content (AvgIpc) is 2.70. The Labute approximate surface area is 158 Å². The van der Waals surface area contributed by atoms with Crippen molar-refractivity contribution in [3.8, 4) is 11.5 Å². The summed E-state index contributed by atoms with van der Waals surface area (Å²) >= 11 is 0. The number of anilines is 2. The number of nitrogens with one attached hydrogen (secondary N) is 1. The van der Waals surface area contributed by atoms with Gasteiger partial charge in [0.1, 0.15) is 25.4 Å². The van der Waals surface area contributed by atoms with E-state index in [1.807, 2.05) is 42.5 Å². The Balaban J connectivity index is 1.94. The highest BCUT2D eigenvalue weighted by molar-refractivity contribution is 5.93. The summed E-state index contributed by atoms with van der Waals surface area (Å²) in [7, 11) is 3.27. The van der Waals surface area contributed by atoms with Crippen molar-refractivity contribution >= 4 is 22.4 Å². The standard InChI is InChI=1S/C20H23N3O4/c1-24-8-10-26-18-12-16-17(13-19(18)27-11-9-25-2)21-14-22-20(16)23-15-6-4-3-5-7-15/h3-7,12-14H,8-11H2,1-2H3,(H,21,22,23). The van der Waals surface area contributed by atoms with Crippen molar-refractivity contribution in [2.75, 3.05) is 46.0 Å². The molecular formula is C20H23N3O4. The summed E-state index contributed by atoms with van der Waals surface area (Å²) in [5.74, 6) is 1.92. The van der Waals surface area contributed by atoms with Gasteiger partial charge in [-0.2, -0.15) is 0 Å². The zero-order valence-corrected chi connectivity index (χ0v) is 15.5. The zero-order chi connectivity index (χ0) is 18.9. The minimum Gasteiger partial charge on any atom is -0.487 e. The molecule has 1 heterocycles. The summed E-state index contributed by atoms with van der Waals surface area (Å²) in [6.45, 7) is 1.80. The Bertz CT molecular complexity index is 858. The molecule has 3 rings (SSSR count). The van der Waals surface area contributed by atoms with E-state index in [4.69, 9.17) is 18.9 Å². The normalized spacial score (nSPS) is 10.7. The summed E-state index contributed by atoms with van der Waals surface area (Å²) in [6.07, 6.45) is 1.53. The molecule has 0 aliphatic rings. The number of para-hydroxylation sites is 1. The number of hydrogen-bond donors (Lipinski definition) is 1. The molecule has 0 atom stereocenters. The van der Waals surface area contributed by atoms with Crippen LogP contribution in [-0.2, 0) is 9.47 Å². The minimum absolute atomic E-state index is 0.414. The first-order valence-corrected chi connectivity index (χ1v) is 8.66. The second-order valence-corrected chi connectivity index (χ2v) is 5.71. The van der Waals surface area contributed by atoms with E-state index < -0.39 is 0 Å². The Morgan fingerprint density at radius 3 is 2.15 bits per heavy atom. The summed E-state index contributed by atoms with van der Waals surface area (Å²) < 4.78 is 21.8. The SMILES string of the molecule is COCCOc1cc2ncnc(Nc3ccccc3)c2cc1OCCOC. The van der Waals surface area contributed by atoms with Crippen LogP contribution in [0.15, 0.2) is 48.8 Å². The van der Waals surface area contributed by atoms with Gasteiger partial charge in [0.2, 0.25) is 0 Å². The number of rotatable bonds is 10. The van der Waals surface area contributed by atoms with Crippen LogP contribution in [0.4, 0.5) is 11.5 Å². The number of hydrogen-bond acceptors (Lipinski definition) is 7. The fourth-order valence-electron chi connectivity index (χ4n) is 2.52. The molecule has 0 fully saturated rings. The third kappa shape index (κ3) is 5.06. The van der Waals surface area contributed by atoms with Crippen molar-refractivity contribution in [1.29, 1.82) is 0 Å². The molecule has 7 heteroatoms. The van der Waals surface area contributed by atoms with Crippen LogP contribution >= 0.6 is 0 Å². The van der Waals surface area contributed by atoms with Gasteiger partial charge in [-0.15, -0.1) is 0 Å². The van der Waals surface area contributed by atoms with Gasteiger partial charge >= 0.3 is 0 Å².